The first kappa shape index (κ1) is 66.5. The maximum absolute atomic E-state index is 13.5. The monoisotopic (exact) mass is 1120 g/mol. The number of para-hydroxylation sites is 1. The number of carboxylic acid groups (broad SMARTS) is 3. The minimum absolute atomic E-state index is 0.0209. The molecule has 0 aromatic heterocycles. The van der Waals surface area contributed by atoms with Gasteiger partial charge in [0.2, 0.25) is 41.9 Å². The highest BCUT2D eigenvalue weighted by Gasteiger charge is 2.45. The number of carbonyl (C=O) groups excluding carboxylic acids is 8. The second-order valence-electron chi connectivity index (χ2n) is 20.3. The van der Waals surface area contributed by atoms with E-state index in [1.807, 2.05) is 48.8 Å². The highest BCUT2D eigenvalue weighted by Crippen LogP contribution is 2.39. The number of esters is 1. The number of anilines is 1. The number of likely N-dealkylation sites (tertiary alicyclic amines) is 1. The predicted octanol–water partition coefficient (Wildman–Crippen LogP) is -1.24. The van der Waals surface area contributed by atoms with Crippen LogP contribution in [0.2, 0.25) is 0 Å². The molecule has 26 nitrogen and oxygen atoms in total. The summed E-state index contributed by atoms with van der Waals surface area (Å²) >= 11 is 0. The molecule has 0 aliphatic carbocycles. The van der Waals surface area contributed by atoms with Gasteiger partial charge in [0, 0.05) is 97.6 Å². The first-order chi connectivity index (χ1) is 37.7. The molecule has 79 heavy (non-hydrogen) atoms. The van der Waals surface area contributed by atoms with Crippen molar-refractivity contribution in [1.29, 1.82) is 0 Å². The first-order valence-corrected chi connectivity index (χ1v) is 27.4. The van der Waals surface area contributed by atoms with Gasteiger partial charge in [-0.25, -0.2) is 0 Å². The average molecular weight is 1120 g/mol. The molecule has 3 fully saturated rings. The maximum atomic E-state index is 13.5. The molecule has 0 saturated carbocycles. The summed E-state index contributed by atoms with van der Waals surface area (Å²) in [6.45, 7) is 16.1. The van der Waals surface area contributed by atoms with E-state index in [0.717, 1.165) is 68.8 Å². The second kappa shape index (κ2) is 35.7. The lowest BCUT2D eigenvalue weighted by atomic mass is 9.96. The fourth-order valence-corrected chi connectivity index (χ4v) is 9.46. The first-order valence-electron chi connectivity index (χ1n) is 27.4. The fourth-order valence-electron chi connectivity index (χ4n) is 9.46. The van der Waals surface area contributed by atoms with Crippen LogP contribution >= 0.6 is 0 Å². The van der Waals surface area contributed by atoms with E-state index >= 15 is 0 Å². The van der Waals surface area contributed by atoms with Gasteiger partial charge in [0.15, 0.2) is 0 Å². The second-order valence-corrected chi connectivity index (χ2v) is 20.3. The molecule has 5 heterocycles. The van der Waals surface area contributed by atoms with Crippen LogP contribution in [-0.2, 0) is 70.3 Å². The third-order valence-electron chi connectivity index (χ3n) is 13.9. The molecule has 7 amide bonds. The number of hydrogen-bond donors (Lipinski definition) is 9. The normalized spacial score (nSPS) is 20.1. The maximum Gasteiger partial charge on any atom is 0.317 e. The standard InChI is InChI=1S/C23H29N3O5.C20H37N5O5.C7H13N3O3.C3H6O2/c1-3-13(2)9-19(27)25-17-8-7-14-5-4-6-15-10-18(26(21(14)15)23(17)30)22(29)24-16-11-20(28)31-12-16;1-2-21-18(26)14-22-5-3-17(4-6-22)13-23-7-9-24(15-19(27)28)11-12-25(10-8-23)16-20(29)30;8-6(12)1-4-10-7(13)2-3-9-5-11;1-2-3(4)5/h4-6,13,16-18H,3,7-12H2,1-2H3,(H,24,29)(H,25,27);17H,2-16H2,1H3,(H,21,26)(H,27,28)(H,29,30);5H,1-4H2,(H2,8,12)(H,9,11)(H,10,13);2H2,1H3,(H,4,5). The third kappa shape index (κ3) is 25.3. The fraction of sp³-hybridized carbons (Fsp3) is 0.679. The van der Waals surface area contributed by atoms with Crippen molar-refractivity contribution < 1.29 is 72.8 Å². The molecule has 3 saturated heterocycles. The highest BCUT2D eigenvalue weighted by atomic mass is 16.5. The van der Waals surface area contributed by atoms with Gasteiger partial charge in [0.1, 0.15) is 18.7 Å². The van der Waals surface area contributed by atoms with Crippen LogP contribution in [0.15, 0.2) is 18.2 Å². The quantitative estimate of drug-likeness (QED) is 0.0352. The zero-order valence-electron chi connectivity index (χ0n) is 46.3. The van der Waals surface area contributed by atoms with E-state index in [9.17, 15) is 52.7 Å². The molecular formula is C53H85N11O15. The number of amides is 7. The average Bonchev–Trinajstić information content (AvgIpc) is 4.20. The molecule has 5 aliphatic heterocycles. The zero-order chi connectivity index (χ0) is 58.4. The van der Waals surface area contributed by atoms with Crippen molar-refractivity contribution in [3.8, 4) is 0 Å². The number of rotatable bonds is 23. The Hall–Kier alpha value is -6.77. The number of aryl methyl sites for hydroxylation is 1. The lowest BCUT2D eigenvalue weighted by Crippen LogP contribution is -2.55. The smallest absolute Gasteiger partial charge is 0.317 e. The van der Waals surface area contributed by atoms with E-state index in [2.05, 4.69) is 36.4 Å². The van der Waals surface area contributed by atoms with Crippen LogP contribution < -0.4 is 37.2 Å². The van der Waals surface area contributed by atoms with E-state index in [1.54, 1.807) is 11.8 Å². The minimum Gasteiger partial charge on any atom is -0.481 e. The number of likely N-dealkylation sites (N-methyl/N-ethyl adjacent to an activating group) is 1. The molecule has 0 spiro atoms. The summed E-state index contributed by atoms with van der Waals surface area (Å²) in [6, 6.07) is 4.12. The van der Waals surface area contributed by atoms with E-state index in [-0.39, 0.29) is 99.4 Å². The number of piperidine rings is 1. The number of nitrogens with one attached hydrogen (secondary N) is 5. The van der Waals surface area contributed by atoms with Crippen LogP contribution in [0, 0.1) is 11.8 Å². The van der Waals surface area contributed by atoms with Crippen molar-refractivity contribution in [2.45, 2.75) is 116 Å². The van der Waals surface area contributed by atoms with Gasteiger partial charge in [-0.05, 0) is 68.7 Å². The molecule has 6 rings (SSSR count). The van der Waals surface area contributed by atoms with Crippen molar-refractivity contribution in [3.63, 3.8) is 0 Å². The number of primary amides is 1. The summed E-state index contributed by atoms with van der Waals surface area (Å²) < 4.78 is 4.94. The third-order valence-corrected chi connectivity index (χ3v) is 13.9. The summed E-state index contributed by atoms with van der Waals surface area (Å²) in [4.78, 5) is 135. The number of hydrogen-bond acceptors (Lipinski definition) is 16. The molecule has 0 radical (unpaired) electrons. The number of nitrogens with two attached hydrogens (primary N) is 1. The lowest BCUT2D eigenvalue weighted by Gasteiger charge is -2.35. The summed E-state index contributed by atoms with van der Waals surface area (Å²) in [5.41, 5.74) is 7.62. The molecule has 5 aliphatic rings. The Bertz CT molecular complexity index is 2180. The molecule has 4 atom stereocenters. The zero-order valence-corrected chi connectivity index (χ0v) is 46.3. The van der Waals surface area contributed by atoms with Crippen LogP contribution in [-0.4, -0.2) is 224 Å². The van der Waals surface area contributed by atoms with Crippen LogP contribution in [0.5, 0.6) is 0 Å². The summed E-state index contributed by atoms with van der Waals surface area (Å²) in [7, 11) is 0. The Kier molecular flexibility index (Phi) is 30.0. The Labute approximate surface area is 462 Å². The highest BCUT2D eigenvalue weighted by molar-refractivity contribution is 6.08. The van der Waals surface area contributed by atoms with Gasteiger partial charge >= 0.3 is 23.9 Å². The number of nitrogens with zero attached hydrogens (tertiary/aromatic N) is 5. The van der Waals surface area contributed by atoms with Crippen LogP contribution in [0.4, 0.5) is 5.69 Å². The van der Waals surface area contributed by atoms with E-state index in [0.29, 0.717) is 83.8 Å². The van der Waals surface area contributed by atoms with Gasteiger partial charge in [-0.2, -0.15) is 0 Å². The van der Waals surface area contributed by atoms with Gasteiger partial charge in [-0.1, -0.05) is 45.4 Å². The number of cyclic esters (lactones) is 1. The molecule has 1 aromatic carbocycles. The molecule has 1 aromatic rings. The van der Waals surface area contributed by atoms with Crippen molar-refractivity contribution in [2.24, 2.45) is 17.6 Å². The van der Waals surface area contributed by atoms with Gasteiger partial charge in [-0.15, -0.1) is 0 Å². The molecule has 0 bridgehead atoms. The predicted molar refractivity (Wildman–Crippen MR) is 289 cm³/mol. The molecule has 10 N–H and O–H groups in total. The number of benzene rings is 1. The van der Waals surface area contributed by atoms with Crippen LogP contribution in [0.1, 0.15) is 96.6 Å². The van der Waals surface area contributed by atoms with Crippen LogP contribution in [0.25, 0.3) is 0 Å². The topological polar surface area (TPSA) is 360 Å². The minimum atomic E-state index is -0.856. The van der Waals surface area contributed by atoms with Gasteiger partial charge in [0.05, 0.1) is 37.8 Å². The Morgan fingerprint density at radius 1 is 0.722 bits per heavy atom. The molecule has 442 valence electrons. The molecular weight excluding hydrogens is 1030 g/mol. The number of carboxylic acids is 3. The SMILES string of the molecule is CCC(=O)O.CCC(C)CC(=O)NC1CCc2cccc3c2N(C1=O)C(C(=O)NC1COC(=O)C1)C3.CCNC(=O)CN1CCC(CN2CCN(CC(=O)O)CCN(CC(=O)O)CC2)CC1.NC(=O)CCNC(=O)CCNC=O. The Balaban J connectivity index is 0.000000319. The van der Waals surface area contributed by atoms with Crippen molar-refractivity contribution in [1.82, 2.24) is 46.2 Å². The van der Waals surface area contributed by atoms with E-state index < -0.39 is 35.9 Å². The van der Waals surface area contributed by atoms with Crippen molar-refractivity contribution in [2.75, 3.05) is 110 Å². The summed E-state index contributed by atoms with van der Waals surface area (Å²) in [5, 5.41) is 39.5. The molecule has 4 unspecified atom stereocenters. The van der Waals surface area contributed by atoms with E-state index in [1.165, 1.54) is 0 Å². The van der Waals surface area contributed by atoms with Gasteiger partial charge in [-0.3, -0.25) is 72.3 Å². The summed E-state index contributed by atoms with van der Waals surface area (Å²) in [6.07, 6.45) is 6.12. The Morgan fingerprint density at radius 3 is 1.85 bits per heavy atom. The van der Waals surface area contributed by atoms with Crippen LogP contribution in [0.3, 0.4) is 0 Å². The van der Waals surface area contributed by atoms with Gasteiger partial charge in [0.25, 0.3) is 0 Å². The number of carbonyl (C=O) groups is 11. The molecule has 26 heteroatoms. The summed E-state index contributed by atoms with van der Waals surface area (Å²) in [5.74, 6) is -3.29. The van der Waals surface area contributed by atoms with E-state index in [4.69, 9.17) is 25.8 Å². The number of ether oxygens (including phenoxy) is 1. The van der Waals surface area contributed by atoms with Crippen molar-refractivity contribution >= 4 is 71.4 Å². The van der Waals surface area contributed by atoms with Crippen molar-refractivity contribution in [3.05, 3.63) is 29.3 Å². The largest absolute Gasteiger partial charge is 0.481 e. The number of aliphatic carboxylic acids is 3. The lowest BCUT2D eigenvalue weighted by molar-refractivity contribution is -0.140. The van der Waals surface area contributed by atoms with Gasteiger partial charge < -0.3 is 57.3 Å². The Morgan fingerprint density at radius 2 is 1.32 bits per heavy atom.